The molecule has 0 bridgehead atoms. The highest BCUT2D eigenvalue weighted by atomic mass is 16.4. The Morgan fingerprint density at radius 2 is 1.04 bits per heavy atom. The molecule has 0 aromatic heterocycles. The van der Waals surface area contributed by atoms with E-state index in [0.29, 0.717) is 24.7 Å². The Morgan fingerprint density at radius 1 is 0.679 bits per heavy atom. The smallest absolute Gasteiger partial charge is 0.315 e. The van der Waals surface area contributed by atoms with Gasteiger partial charge in [0.25, 0.3) is 0 Å². The predicted molar refractivity (Wildman–Crippen MR) is 114 cm³/mol. The average molecular weight is 393 g/mol. The molecule has 0 aromatic rings. The van der Waals surface area contributed by atoms with Gasteiger partial charge < -0.3 is 10.2 Å². The van der Waals surface area contributed by atoms with Crippen LogP contribution in [0.4, 0.5) is 0 Å². The molecule has 0 radical (unpaired) electrons. The van der Waals surface area contributed by atoms with Gasteiger partial charge in [0, 0.05) is 0 Å². The number of hydrogen-bond acceptors (Lipinski definition) is 2. The van der Waals surface area contributed by atoms with Crippen LogP contribution in [0.1, 0.15) is 91.9 Å². The monoisotopic (exact) mass is 392 g/mol. The third-order valence-electron chi connectivity index (χ3n) is 6.14. The number of unbranched alkanes of at least 4 members (excludes halogenated alkanes) is 4. The van der Waals surface area contributed by atoms with Gasteiger partial charge in [0.05, 0.1) is 0 Å². The third-order valence-corrected chi connectivity index (χ3v) is 6.14. The van der Waals surface area contributed by atoms with Crippen molar-refractivity contribution in [2.24, 2.45) is 22.7 Å². The molecule has 2 atom stereocenters. The number of carboxylic acids is 2. The summed E-state index contributed by atoms with van der Waals surface area (Å²) in [5, 5.41) is 20.3. The van der Waals surface area contributed by atoms with Crippen molar-refractivity contribution in [3.8, 4) is 0 Å². The van der Waals surface area contributed by atoms with Crippen LogP contribution in [-0.2, 0) is 9.59 Å². The second-order valence-corrected chi connectivity index (χ2v) is 9.26. The fraction of sp³-hybridized carbons (Fsp3) is 0.750. The summed E-state index contributed by atoms with van der Waals surface area (Å²) in [6.45, 7) is 8.73. The molecule has 0 heterocycles. The van der Waals surface area contributed by atoms with Gasteiger partial charge in [-0.25, -0.2) is 0 Å². The molecule has 0 saturated carbocycles. The second-order valence-electron chi connectivity index (χ2n) is 9.26. The van der Waals surface area contributed by atoms with Crippen LogP contribution in [-0.4, -0.2) is 22.2 Å². The standard InChI is InChI=1S/C24H40O4/c1-19(2)13-7-5-9-15-23(21(25)26)17-11-12-18-24(23,22(27)28)16-10-6-8-14-20(3)4/h11-12,17-20H,5-10,13-16H2,1-4H3,(H,25,26)(H,27,28). The molecule has 0 aliphatic heterocycles. The molecule has 1 aliphatic carbocycles. The van der Waals surface area contributed by atoms with Gasteiger partial charge in [-0.1, -0.05) is 103 Å². The van der Waals surface area contributed by atoms with Gasteiger partial charge >= 0.3 is 11.9 Å². The third kappa shape index (κ3) is 6.22. The lowest BCUT2D eigenvalue weighted by Gasteiger charge is -2.43. The highest BCUT2D eigenvalue weighted by Crippen LogP contribution is 2.52. The van der Waals surface area contributed by atoms with Crippen LogP contribution >= 0.6 is 0 Å². The van der Waals surface area contributed by atoms with E-state index in [1.54, 1.807) is 24.3 Å². The average Bonchev–Trinajstić information content (AvgIpc) is 2.61. The Morgan fingerprint density at radius 3 is 1.32 bits per heavy atom. The fourth-order valence-electron chi connectivity index (χ4n) is 4.35. The van der Waals surface area contributed by atoms with E-state index >= 15 is 0 Å². The van der Waals surface area contributed by atoms with Gasteiger partial charge in [-0.05, 0) is 24.7 Å². The summed E-state index contributed by atoms with van der Waals surface area (Å²) in [4.78, 5) is 24.8. The maximum atomic E-state index is 12.4. The van der Waals surface area contributed by atoms with Gasteiger partial charge in [0.1, 0.15) is 10.8 Å². The van der Waals surface area contributed by atoms with Crippen LogP contribution in [0, 0.1) is 22.7 Å². The van der Waals surface area contributed by atoms with Crippen molar-refractivity contribution in [2.45, 2.75) is 91.9 Å². The quantitative estimate of drug-likeness (QED) is 0.332. The molecule has 1 aliphatic rings. The highest BCUT2D eigenvalue weighted by molar-refractivity contribution is 5.90. The largest absolute Gasteiger partial charge is 0.481 e. The zero-order valence-electron chi connectivity index (χ0n) is 18.2. The first-order valence-corrected chi connectivity index (χ1v) is 11.0. The summed E-state index contributed by atoms with van der Waals surface area (Å²) in [6.07, 6.45) is 15.2. The van der Waals surface area contributed by atoms with E-state index in [0.717, 1.165) is 51.4 Å². The zero-order chi connectivity index (χ0) is 21.2. The Bertz CT molecular complexity index is 511. The van der Waals surface area contributed by atoms with Gasteiger partial charge in [-0.2, -0.15) is 0 Å². The number of carbonyl (C=O) groups is 2. The van der Waals surface area contributed by atoms with Crippen LogP contribution in [0.5, 0.6) is 0 Å². The summed E-state index contributed by atoms with van der Waals surface area (Å²) in [7, 11) is 0. The van der Waals surface area contributed by atoms with Gasteiger partial charge in [0.2, 0.25) is 0 Å². The molecule has 4 nitrogen and oxygen atoms in total. The zero-order valence-corrected chi connectivity index (χ0v) is 18.2. The molecule has 1 rings (SSSR count). The number of allylic oxidation sites excluding steroid dienone is 2. The van der Waals surface area contributed by atoms with Crippen LogP contribution in [0.2, 0.25) is 0 Å². The molecule has 0 amide bonds. The summed E-state index contributed by atoms with van der Waals surface area (Å²) >= 11 is 0. The predicted octanol–water partition coefficient (Wildman–Crippen LogP) is 6.47. The van der Waals surface area contributed by atoms with Crippen LogP contribution in [0.25, 0.3) is 0 Å². The molecule has 0 fully saturated rings. The van der Waals surface area contributed by atoms with Gasteiger partial charge in [-0.15, -0.1) is 0 Å². The van der Waals surface area contributed by atoms with Crippen LogP contribution in [0.3, 0.4) is 0 Å². The maximum absolute atomic E-state index is 12.4. The molecule has 4 heteroatoms. The SMILES string of the molecule is CC(C)CCCCCC1(C(=O)O)C=CC=CC1(CCCCCC(C)C)C(=O)O. The van der Waals surface area contributed by atoms with E-state index in [2.05, 4.69) is 27.7 Å². The number of aliphatic carboxylic acids is 2. The van der Waals surface area contributed by atoms with Crippen molar-refractivity contribution in [1.82, 2.24) is 0 Å². The van der Waals surface area contributed by atoms with Crippen molar-refractivity contribution < 1.29 is 19.8 Å². The van der Waals surface area contributed by atoms with E-state index in [1.165, 1.54) is 0 Å². The first kappa shape index (κ1) is 24.5. The van der Waals surface area contributed by atoms with Crippen LogP contribution in [0.15, 0.2) is 24.3 Å². The Kier molecular flexibility index (Phi) is 9.98. The second kappa shape index (κ2) is 11.4. The summed E-state index contributed by atoms with van der Waals surface area (Å²) < 4.78 is 0. The Balaban J connectivity index is 2.92. The summed E-state index contributed by atoms with van der Waals surface area (Å²) in [5.74, 6) is -0.757. The van der Waals surface area contributed by atoms with E-state index in [-0.39, 0.29) is 0 Å². The summed E-state index contributed by atoms with van der Waals surface area (Å²) in [6, 6.07) is 0. The van der Waals surface area contributed by atoms with Crippen LogP contribution < -0.4 is 0 Å². The Hall–Kier alpha value is -1.58. The minimum absolute atomic E-state index is 0.375. The lowest BCUT2D eigenvalue weighted by atomic mass is 9.57. The maximum Gasteiger partial charge on any atom is 0.315 e. The van der Waals surface area contributed by atoms with Crippen molar-refractivity contribution in [2.75, 3.05) is 0 Å². The minimum Gasteiger partial charge on any atom is -0.481 e. The normalized spacial score (nSPS) is 24.2. The first-order chi connectivity index (χ1) is 13.2. The van der Waals surface area contributed by atoms with E-state index in [1.807, 2.05) is 0 Å². The van der Waals surface area contributed by atoms with Gasteiger partial charge in [-0.3, -0.25) is 9.59 Å². The lowest BCUT2D eigenvalue weighted by molar-refractivity contribution is -0.167. The minimum atomic E-state index is -1.36. The van der Waals surface area contributed by atoms with Crippen molar-refractivity contribution in [3.63, 3.8) is 0 Å². The van der Waals surface area contributed by atoms with Crippen molar-refractivity contribution in [1.29, 1.82) is 0 Å². The number of rotatable bonds is 14. The molecular weight excluding hydrogens is 352 g/mol. The molecule has 0 saturated heterocycles. The summed E-state index contributed by atoms with van der Waals surface area (Å²) in [5.41, 5.74) is -2.72. The molecular formula is C24H40O4. The molecule has 2 N–H and O–H groups in total. The van der Waals surface area contributed by atoms with E-state index < -0.39 is 22.8 Å². The van der Waals surface area contributed by atoms with E-state index in [4.69, 9.17) is 0 Å². The molecule has 160 valence electrons. The van der Waals surface area contributed by atoms with Gasteiger partial charge in [0.15, 0.2) is 0 Å². The highest BCUT2D eigenvalue weighted by Gasteiger charge is 2.58. The molecule has 0 spiro atoms. The number of hydrogen-bond donors (Lipinski definition) is 2. The van der Waals surface area contributed by atoms with Crippen molar-refractivity contribution in [3.05, 3.63) is 24.3 Å². The van der Waals surface area contributed by atoms with E-state index in [9.17, 15) is 19.8 Å². The molecule has 28 heavy (non-hydrogen) atoms. The molecule has 2 unspecified atom stereocenters. The Labute approximate surface area is 171 Å². The van der Waals surface area contributed by atoms with Crippen molar-refractivity contribution >= 4 is 11.9 Å². The topological polar surface area (TPSA) is 74.6 Å². The lowest BCUT2D eigenvalue weighted by Crippen LogP contribution is -2.51. The fourth-order valence-corrected chi connectivity index (χ4v) is 4.35. The molecule has 0 aromatic carbocycles. The number of carboxylic acid groups (broad SMARTS) is 2. The first-order valence-electron chi connectivity index (χ1n) is 11.0.